The average Bonchev–Trinajstić information content (AvgIpc) is 1.82. The molecule has 0 unspecified atom stereocenters. The zero-order chi connectivity index (χ0) is 9.99. The molecule has 12 heavy (non-hydrogen) atoms. The van der Waals surface area contributed by atoms with Crippen LogP contribution in [0.2, 0.25) is 0 Å². The number of halogens is 7. The standard InChI is InChI=1S/C5HF7/c6-3(7)4(8,9)1-2-5(10,11)12/h3H. The highest BCUT2D eigenvalue weighted by Crippen LogP contribution is 2.22. The zero-order valence-electron chi connectivity index (χ0n) is 5.22. The maximum absolute atomic E-state index is 11.7. The Kier molecular flexibility index (Phi) is 2.96. The van der Waals surface area contributed by atoms with E-state index in [9.17, 15) is 30.7 Å². The molecule has 0 spiro atoms. The van der Waals surface area contributed by atoms with Crippen molar-refractivity contribution < 1.29 is 30.7 Å². The van der Waals surface area contributed by atoms with Gasteiger partial charge in [-0.1, -0.05) is 0 Å². The van der Waals surface area contributed by atoms with Crippen molar-refractivity contribution in [1.29, 1.82) is 0 Å². The van der Waals surface area contributed by atoms with Gasteiger partial charge >= 0.3 is 18.5 Å². The molecule has 0 heterocycles. The van der Waals surface area contributed by atoms with Crippen molar-refractivity contribution in [3.05, 3.63) is 0 Å². The van der Waals surface area contributed by atoms with E-state index in [2.05, 4.69) is 0 Å². The molecule has 0 N–H and O–H groups in total. The van der Waals surface area contributed by atoms with Gasteiger partial charge in [0.05, 0.1) is 0 Å². The molecule has 0 saturated heterocycles. The third-order valence-electron chi connectivity index (χ3n) is 0.645. The molecule has 0 rings (SSSR count). The fourth-order valence-corrected chi connectivity index (χ4v) is 0.209. The minimum Gasteiger partial charge on any atom is -0.202 e. The Morgan fingerprint density at radius 3 is 1.50 bits per heavy atom. The van der Waals surface area contributed by atoms with Crippen molar-refractivity contribution in [2.24, 2.45) is 0 Å². The molecule has 0 nitrogen and oxygen atoms in total. The summed E-state index contributed by atoms with van der Waals surface area (Å²) < 4.78 is 78.9. The van der Waals surface area contributed by atoms with Gasteiger partial charge in [-0.2, -0.15) is 22.0 Å². The summed E-state index contributed by atoms with van der Waals surface area (Å²) in [4.78, 5) is 0. The van der Waals surface area contributed by atoms with Crippen LogP contribution in [0.3, 0.4) is 0 Å². The van der Waals surface area contributed by atoms with Crippen LogP contribution in [0.15, 0.2) is 0 Å². The van der Waals surface area contributed by atoms with E-state index in [0.717, 1.165) is 0 Å². The van der Waals surface area contributed by atoms with E-state index in [0.29, 0.717) is 0 Å². The minimum absolute atomic E-state index is 0.0635. The lowest BCUT2D eigenvalue weighted by Crippen LogP contribution is -2.24. The summed E-state index contributed by atoms with van der Waals surface area (Å²) in [5.41, 5.74) is 0. The Hall–Kier alpha value is -0.930. The van der Waals surface area contributed by atoms with Crippen LogP contribution in [0.25, 0.3) is 0 Å². The normalized spacial score (nSPS) is 12.7. The second-order valence-corrected chi connectivity index (χ2v) is 1.67. The largest absolute Gasteiger partial charge is 0.457 e. The van der Waals surface area contributed by atoms with E-state index >= 15 is 0 Å². The first-order chi connectivity index (χ1) is 5.15. The molecule has 0 saturated carbocycles. The molecule has 0 radical (unpaired) electrons. The second-order valence-electron chi connectivity index (χ2n) is 1.67. The summed E-state index contributed by atoms with van der Waals surface area (Å²) in [6.07, 6.45) is -9.40. The highest BCUT2D eigenvalue weighted by molar-refractivity contribution is 5.14. The maximum Gasteiger partial charge on any atom is 0.457 e. The van der Waals surface area contributed by atoms with Crippen LogP contribution in [0.5, 0.6) is 0 Å². The van der Waals surface area contributed by atoms with Gasteiger partial charge in [0.15, 0.2) is 0 Å². The van der Waals surface area contributed by atoms with Crippen molar-refractivity contribution in [1.82, 2.24) is 0 Å². The number of alkyl halides is 7. The van der Waals surface area contributed by atoms with Crippen LogP contribution >= 0.6 is 0 Å². The van der Waals surface area contributed by atoms with E-state index in [-0.39, 0.29) is 11.8 Å². The molecule has 0 bridgehead atoms. The molecule has 0 aromatic rings. The highest BCUT2D eigenvalue weighted by atomic mass is 19.4. The van der Waals surface area contributed by atoms with Crippen molar-refractivity contribution in [2.75, 3.05) is 0 Å². The summed E-state index contributed by atoms with van der Waals surface area (Å²) in [6.45, 7) is 0. The summed E-state index contributed by atoms with van der Waals surface area (Å²) in [7, 11) is 0. The van der Waals surface area contributed by atoms with Crippen molar-refractivity contribution >= 4 is 0 Å². The van der Waals surface area contributed by atoms with E-state index in [1.54, 1.807) is 0 Å². The topological polar surface area (TPSA) is 0 Å². The monoisotopic (exact) mass is 194 g/mol. The summed E-state index contributed by atoms with van der Waals surface area (Å²) in [6, 6.07) is 0. The van der Waals surface area contributed by atoms with E-state index in [4.69, 9.17) is 0 Å². The van der Waals surface area contributed by atoms with Gasteiger partial charge in [0, 0.05) is 5.92 Å². The van der Waals surface area contributed by atoms with Gasteiger partial charge in [-0.25, -0.2) is 8.78 Å². The Balaban J connectivity index is 4.50. The SMILES string of the molecule is FC(F)C(F)(F)C#CC(F)(F)F. The van der Waals surface area contributed by atoms with Gasteiger partial charge in [-0.15, -0.1) is 0 Å². The van der Waals surface area contributed by atoms with Crippen LogP contribution in [0.1, 0.15) is 0 Å². The molecule has 0 aromatic carbocycles. The van der Waals surface area contributed by atoms with Gasteiger partial charge in [-0.3, -0.25) is 0 Å². The lowest BCUT2D eigenvalue weighted by atomic mass is 10.3. The van der Waals surface area contributed by atoms with E-state index in [1.165, 1.54) is 0 Å². The third kappa shape index (κ3) is 4.05. The second kappa shape index (κ2) is 3.21. The average molecular weight is 194 g/mol. The van der Waals surface area contributed by atoms with E-state index in [1.807, 2.05) is 0 Å². The molecule has 0 atom stereocenters. The van der Waals surface area contributed by atoms with Crippen LogP contribution in [-0.4, -0.2) is 18.5 Å². The lowest BCUT2D eigenvalue weighted by Gasteiger charge is -2.06. The highest BCUT2D eigenvalue weighted by Gasteiger charge is 2.39. The number of hydrogen-bond donors (Lipinski definition) is 0. The van der Waals surface area contributed by atoms with Gasteiger partial charge in [0.1, 0.15) is 0 Å². The molecule has 0 amide bonds. The molecule has 0 aliphatic rings. The fourth-order valence-electron chi connectivity index (χ4n) is 0.209. The summed E-state index contributed by atoms with van der Waals surface area (Å²) in [5.74, 6) is -4.70. The molecule has 0 fully saturated rings. The van der Waals surface area contributed by atoms with Gasteiger partial charge in [0.25, 0.3) is 0 Å². The summed E-state index contributed by atoms with van der Waals surface area (Å²) >= 11 is 0. The molecule has 0 aliphatic carbocycles. The first-order valence-electron chi connectivity index (χ1n) is 2.42. The fraction of sp³-hybridized carbons (Fsp3) is 0.600. The van der Waals surface area contributed by atoms with Gasteiger partial charge in [-0.05, 0) is 5.92 Å². The smallest absolute Gasteiger partial charge is 0.202 e. The quantitative estimate of drug-likeness (QED) is 0.444. The zero-order valence-corrected chi connectivity index (χ0v) is 5.22. The van der Waals surface area contributed by atoms with Gasteiger partial charge < -0.3 is 0 Å². The van der Waals surface area contributed by atoms with E-state index < -0.39 is 18.5 Å². The lowest BCUT2D eigenvalue weighted by molar-refractivity contribution is -0.0884. The molecule has 70 valence electrons. The predicted octanol–water partition coefficient (Wildman–Crippen LogP) is 2.45. The Bertz CT molecular complexity index is 202. The minimum atomic E-state index is -5.18. The van der Waals surface area contributed by atoms with Crippen molar-refractivity contribution in [3.63, 3.8) is 0 Å². The summed E-state index contributed by atoms with van der Waals surface area (Å²) in [5, 5.41) is 0. The van der Waals surface area contributed by atoms with Crippen LogP contribution in [0.4, 0.5) is 30.7 Å². The van der Waals surface area contributed by atoms with Crippen molar-refractivity contribution in [2.45, 2.75) is 18.5 Å². The molecular weight excluding hydrogens is 193 g/mol. The predicted molar refractivity (Wildman–Crippen MR) is 24.8 cm³/mol. The van der Waals surface area contributed by atoms with Gasteiger partial charge in [0.2, 0.25) is 0 Å². The van der Waals surface area contributed by atoms with Crippen LogP contribution in [-0.2, 0) is 0 Å². The number of hydrogen-bond acceptors (Lipinski definition) is 0. The van der Waals surface area contributed by atoms with Crippen molar-refractivity contribution in [3.8, 4) is 11.8 Å². The third-order valence-corrected chi connectivity index (χ3v) is 0.645. The van der Waals surface area contributed by atoms with Crippen LogP contribution < -0.4 is 0 Å². The molecule has 0 aliphatic heterocycles. The number of rotatable bonds is 1. The first kappa shape index (κ1) is 11.1. The maximum atomic E-state index is 11.7. The van der Waals surface area contributed by atoms with Crippen LogP contribution in [0, 0.1) is 11.8 Å². The Morgan fingerprint density at radius 1 is 0.833 bits per heavy atom. The molecule has 0 aromatic heterocycles. The molecular formula is C5HF7. The molecule has 7 heteroatoms. The Morgan fingerprint density at radius 2 is 1.25 bits per heavy atom. The first-order valence-corrected chi connectivity index (χ1v) is 2.42. The Labute approximate surface area is 62.4 Å².